The first kappa shape index (κ1) is 16.5. The van der Waals surface area contributed by atoms with Gasteiger partial charge in [0.2, 0.25) is 0 Å². The molecule has 0 saturated carbocycles. The van der Waals surface area contributed by atoms with Crippen LogP contribution in [0.2, 0.25) is 0 Å². The van der Waals surface area contributed by atoms with Gasteiger partial charge in [-0.25, -0.2) is 4.98 Å². The molecule has 24 heavy (non-hydrogen) atoms. The number of aromatic amines is 1. The van der Waals surface area contributed by atoms with Gasteiger partial charge in [-0.2, -0.15) is 0 Å². The normalized spacial score (nSPS) is 17.9. The lowest BCUT2D eigenvalue weighted by molar-refractivity contribution is 0.323. The van der Waals surface area contributed by atoms with Gasteiger partial charge in [-0.1, -0.05) is 0 Å². The second-order valence-corrected chi connectivity index (χ2v) is 6.20. The van der Waals surface area contributed by atoms with Crippen LogP contribution in [0.25, 0.3) is 0 Å². The number of benzene rings is 1. The minimum absolute atomic E-state index is 0.0755. The highest BCUT2D eigenvalue weighted by Gasteiger charge is 2.25. The fraction of sp³-hybridized carbons (Fsp3) is 0.444. The number of methoxy groups -OCH3 is 2. The van der Waals surface area contributed by atoms with Crippen molar-refractivity contribution in [2.45, 2.75) is 25.8 Å². The number of hydrogen-bond acceptors (Lipinski definition) is 5. The van der Waals surface area contributed by atoms with E-state index < -0.39 is 0 Å². The monoisotopic (exact) mass is 329 g/mol. The third-order valence-corrected chi connectivity index (χ3v) is 4.39. The number of hydrogen-bond donors (Lipinski definition) is 1. The summed E-state index contributed by atoms with van der Waals surface area (Å²) >= 11 is 0. The average molecular weight is 329 g/mol. The van der Waals surface area contributed by atoms with E-state index in [0.717, 1.165) is 48.8 Å². The van der Waals surface area contributed by atoms with Crippen LogP contribution in [-0.4, -0.2) is 42.2 Å². The highest BCUT2D eigenvalue weighted by molar-refractivity contribution is 5.38. The molecule has 0 bridgehead atoms. The molecule has 1 N–H and O–H groups in total. The molecule has 0 aliphatic carbocycles. The smallest absolute Gasteiger partial charge is 0.251 e. The van der Waals surface area contributed by atoms with E-state index in [2.05, 4.69) is 14.9 Å². The van der Waals surface area contributed by atoms with Crippen molar-refractivity contribution in [2.75, 3.05) is 27.3 Å². The number of nitrogens with zero attached hydrogens (tertiary/aromatic N) is 2. The van der Waals surface area contributed by atoms with Gasteiger partial charge >= 0.3 is 0 Å². The van der Waals surface area contributed by atoms with Crippen LogP contribution in [0.15, 0.2) is 29.1 Å². The number of rotatable bonds is 5. The van der Waals surface area contributed by atoms with Crippen molar-refractivity contribution in [2.24, 2.45) is 0 Å². The minimum atomic E-state index is -0.0755. The number of ether oxygens (including phenoxy) is 2. The lowest BCUT2D eigenvalue weighted by Gasteiger charge is -2.17. The molecule has 128 valence electrons. The molecular weight excluding hydrogens is 306 g/mol. The maximum Gasteiger partial charge on any atom is 0.251 e. The number of nitrogens with one attached hydrogen (secondary N) is 1. The molecule has 1 aliphatic heterocycles. The highest BCUT2D eigenvalue weighted by Crippen LogP contribution is 2.28. The molecule has 2 heterocycles. The van der Waals surface area contributed by atoms with Crippen molar-refractivity contribution in [3.05, 3.63) is 51.7 Å². The first-order chi connectivity index (χ1) is 11.6. The van der Waals surface area contributed by atoms with Gasteiger partial charge in [0.05, 0.1) is 19.9 Å². The van der Waals surface area contributed by atoms with Crippen LogP contribution in [0.5, 0.6) is 11.5 Å². The molecule has 2 aromatic rings. The van der Waals surface area contributed by atoms with Gasteiger partial charge in [-0.15, -0.1) is 0 Å². The second-order valence-electron chi connectivity index (χ2n) is 6.20. The zero-order valence-corrected chi connectivity index (χ0v) is 14.3. The van der Waals surface area contributed by atoms with E-state index in [0.29, 0.717) is 11.7 Å². The first-order valence-corrected chi connectivity index (χ1v) is 8.09. The van der Waals surface area contributed by atoms with E-state index in [9.17, 15) is 4.79 Å². The molecule has 0 radical (unpaired) electrons. The maximum atomic E-state index is 11.6. The molecule has 3 rings (SSSR count). The standard InChI is InChI=1S/C18H23N3O3/c1-12-19-17(9-18(22)20-12)14-4-5-21(11-14)10-13-6-15(23-2)8-16(7-13)24-3/h6-9,14H,4-5,10-11H2,1-3H3,(H,19,20,22)/t14-/m1/s1. The summed E-state index contributed by atoms with van der Waals surface area (Å²) < 4.78 is 10.7. The number of aromatic nitrogens is 2. The Morgan fingerprint density at radius 2 is 1.92 bits per heavy atom. The van der Waals surface area contributed by atoms with Gasteiger partial charge in [0.15, 0.2) is 0 Å². The summed E-state index contributed by atoms with van der Waals surface area (Å²) in [5, 5.41) is 0. The fourth-order valence-electron chi connectivity index (χ4n) is 3.25. The summed E-state index contributed by atoms with van der Waals surface area (Å²) in [7, 11) is 3.32. The molecule has 0 unspecified atom stereocenters. The van der Waals surface area contributed by atoms with E-state index in [1.54, 1.807) is 20.3 Å². The molecular formula is C18H23N3O3. The molecule has 1 aromatic carbocycles. The number of aryl methyl sites for hydroxylation is 1. The Morgan fingerprint density at radius 1 is 1.21 bits per heavy atom. The quantitative estimate of drug-likeness (QED) is 0.910. The van der Waals surface area contributed by atoms with Crippen LogP contribution in [0.4, 0.5) is 0 Å². The van der Waals surface area contributed by atoms with E-state index in [4.69, 9.17) is 9.47 Å². The molecule has 1 aliphatic rings. The minimum Gasteiger partial charge on any atom is -0.497 e. The molecule has 1 atom stereocenters. The Balaban J connectivity index is 1.71. The van der Waals surface area contributed by atoms with E-state index in [1.807, 2.05) is 25.1 Å². The molecule has 6 nitrogen and oxygen atoms in total. The SMILES string of the molecule is COc1cc(CN2CC[C@@H](c3cc(=O)[nH]c(C)n3)C2)cc(OC)c1. The van der Waals surface area contributed by atoms with Crippen LogP contribution in [0.3, 0.4) is 0 Å². The Labute approximate surface area is 141 Å². The zero-order chi connectivity index (χ0) is 17.1. The van der Waals surface area contributed by atoms with Crippen LogP contribution in [0, 0.1) is 6.92 Å². The molecule has 0 spiro atoms. The highest BCUT2D eigenvalue weighted by atomic mass is 16.5. The molecule has 1 saturated heterocycles. The van der Waals surface area contributed by atoms with Crippen molar-refractivity contribution >= 4 is 0 Å². The fourth-order valence-corrected chi connectivity index (χ4v) is 3.25. The van der Waals surface area contributed by atoms with E-state index in [-0.39, 0.29) is 5.56 Å². The predicted molar refractivity (Wildman–Crippen MR) is 91.8 cm³/mol. The summed E-state index contributed by atoms with van der Waals surface area (Å²) in [5.41, 5.74) is 1.97. The number of likely N-dealkylation sites (tertiary alicyclic amines) is 1. The van der Waals surface area contributed by atoms with Crippen molar-refractivity contribution in [1.82, 2.24) is 14.9 Å². The van der Waals surface area contributed by atoms with Crippen molar-refractivity contribution in [3.8, 4) is 11.5 Å². The lowest BCUT2D eigenvalue weighted by atomic mass is 10.0. The summed E-state index contributed by atoms with van der Waals surface area (Å²) in [6, 6.07) is 7.56. The molecule has 1 aromatic heterocycles. The van der Waals surface area contributed by atoms with Gasteiger partial charge in [0.25, 0.3) is 5.56 Å². The third-order valence-electron chi connectivity index (χ3n) is 4.39. The van der Waals surface area contributed by atoms with Crippen molar-refractivity contribution in [1.29, 1.82) is 0 Å². The summed E-state index contributed by atoms with van der Waals surface area (Å²) in [4.78, 5) is 21.2. The van der Waals surface area contributed by atoms with Gasteiger partial charge in [-0.3, -0.25) is 9.69 Å². The third kappa shape index (κ3) is 3.76. The zero-order valence-electron chi connectivity index (χ0n) is 14.3. The van der Waals surface area contributed by atoms with Gasteiger partial charge in [0.1, 0.15) is 17.3 Å². The van der Waals surface area contributed by atoms with Crippen LogP contribution < -0.4 is 15.0 Å². The number of H-pyrrole nitrogens is 1. The largest absolute Gasteiger partial charge is 0.497 e. The first-order valence-electron chi connectivity index (χ1n) is 8.09. The van der Waals surface area contributed by atoms with Crippen LogP contribution >= 0.6 is 0 Å². The van der Waals surface area contributed by atoms with Gasteiger partial charge < -0.3 is 14.5 Å². The Hall–Kier alpha value is -2.34. The van der Waals surface area contributed by atoms with Gasteiger partial charge in [-0.05, 0) is 37.6 Å². The molecule has 1 fully saturated rings. The summed E-state index contributed by atoms with van der Waals surface area (Å²) in [5.74, 6) is 2.57. The van der Waals surface area contributed by atoms with E-state index in [1.165, 1.54) is 0 Å². The van der Waals surface area contributed by atoms with Crippen LogP contribution in [-0.2, 0) is 6.54 Å². The van der Waals surface area contributed by atoms with Crippen LogP contribution in [0.1, 0.15) is 29.4 Å². The maximum absolute atomic E-state index is 11.6. The topological polar surface area (TPSA) is 67.5 Å². The average Bonchev–Trinajstić information content (AvgIpc) is 3.02. The second kappa shape index (κ2) is 7.05. The molecule has 6 heteroatoms. The summed E-state index contributed by atoms with van der Waals surface area (Å²) in [6.45, 7) is 4.53. The van der Waals surface area contributed by atoms with Gasteiger partial charge in [0, 0.05) is 31.1 Å². The summed E-state index contributed by atoms with van der Waals surface area (Å²) in [6.07, 6.45) is 1.01. The van der Waals surface area contributed by atoms with Crippen molar-refractivity contribution in [3.63, 3.8) is 0 Å². The Morgan fingerprint density at radius 3 is 2.54 bits per heavy atom. The Kier molecular flexibility index (Phi) is 4.85. The predicted octanol–water partition coefficient (Wildman–Crippen LogP) is 2.09. The Bertz CT molecular complexity index is 750. The van der Waals surface area contributed by atoms with E-state index >= 15 is 0 Å². The molecule has 0 amide bonds. The lowest BCUT2D eigenvalue weighted by Crippen LogP contribution is -2.21. The van der Waals surface area contributed by atoms with Crippen molar-refractivity contribution < 1.29 is 9.47 Å².